The number of phenolic OH excluding ortho intramolecular Hbond substituents is 1. The quantitative estimate of drug-likeness (QED) is 0.152. The lowest BCUT2D eigenvalue weighted by Crippen LogP contribution is -2.30. The van der Waals surface area contributed by atoms with E-state index in [1.54, 1.807) is 11.8 Å². The molecule has 0 saturated carbocycles. The smallest absolute Gasteiger partial charge is 0.234 e. The Morgan fingerprint density at radius 2 is 1.68 bits per heavy atom. The molecule has 0 bridgehead atoms. The number of nitrogens with one attached hydrogen (secondary N) is 1. The molecule has 1 amide bonds. The lowest BCUT2D eigenvalue weighted by atomic mass is 9.71. The third-order valence-electron chi connectivity index (χ3n) is 6.20. The van der Waals surface area contributed by atoms with Crippen LogP contribution in [0.3, 0.4) is 0 Å². The van der Waals surface area contributed by atoms with Crippen molar-refractivity contribution in [3.63, 3.8) is 0 Å². The summed E-state index contributed by atoms with van der Waals surface area (Å²) in [5.41, 5.74) is 5.61. The van der Waals surface area contributed by atoms with Gasteiger partial charge in [-0.2, -0.15) is 0 Å². The number of nitrogens with zero attached hydrogens (tertiary/aromatic N) is 3. The summed E-state index contributed by atoms with van der Waals surface area (Å²) < 4.78 is 0. The van der Waals surface area contributed by atoms with Crippen molar-refractivity contribution in [2.45, 2.75) is 69.1 Å². The fraction of sp³-hybridized carbons (Fsp3) is 0.345. The van der Waals surface area contributed by atoms with Crippen LogP contribution in [-0.2, 0) is 16.6 Å². The second kappa shape index (κ2) is 10.6. The largest absolute Gasteiger partial charge is 0.505 e. The average Bonchev–Trinajstić information content (AvgIpc) is 3.25. The molecule has 4 aromatic rings. The first-order chi connectivity index (χ1) is 17.4. The number of benzene rings is 3. The molecule has 3 aromatic carbocycles. The van der Waals surface area contributed by atoms with Crippen LogP contribution in [0, 0.1) is 5.41 Å². The van der Waals surface area contributed by atoms with E-state index in [-0.39, 0.29) is 28.9 Å². The van der Waals surface area contributed by atoms with E-state index in [0.717, 1.165) is 38.4 Å². The van der Waals surface area contributed by atoms with Crippen LogP contribution < -0.4 is 11.3 Å². The van der Waals surface area contributed by atoms with Crippen molar-refractivity contribution in [3.8, 4) is 11.4 Å². The molecule has 4 rings (SSSR count). The van der Waals surface area contributed by atoms with Gasteiger partial charge in [-0.1, -0.05) is 70.6 Å². The zero-order chi connectivity index (χ0) is 26.8. The predicted molar refractivity (Wildman–Crippen MR) is 149 cm³/mol. The van der Waals surface area contributed by atoms with Crippen molar-refractivity contribution in [1.29, 1.82) is 0 Å². The fourth-order valence-electron chi connectivity index (χ4n) is 4.93. The molecule has 0 unspecified atom stereocenters. The molecule has 194 valence electrons. The molecule has 0 saturated heterocycles. The first-order valence-corrected chi connectivity index (χ1v) is 13.2. The minimum atomic E-state index is -0.324. The van der Waals surface area contributed by atoms with Crippen LogP contribution in [0.5, 0.6) is 5.75 Å². The van der Waals surface area contributed by atoms with Crippen LogP contribution in [0.25, 0.3) is 16.7 Å². The average molecular weight is 518 g/mol. The number of hydrazine groups is 1. The normalized spacial score (nSPS) is 12.2. The van der Waals surface area contributed by atoms with E-state index < -0.39 is 0 Å². The van der Waals surface area contributed by atoms with Gasteiger partial charge in [0.15, 0.2) is 0 Å². The molecule has 0 radical (unpaired) electrons. The van der Waals surface area contributed by atoms with Crippen LogP contribution in [0.4, 0.5) is 0 Å². The summed E-state index contributed by atoms with van der Waals surface area (Å²) in [5.74, 6) is 5.20. The highest BCUT2D eigenvalue weighted by atomic mass is 32.2. The Balaban J connectivity index is 1.76. The highest BCUT2D eigenvalue weighted by Crippen LogP contribution is 2.43. The van der Waals surface area contributed by atoms with Gasteiger partial charge in [0.25, 0.3) is 0 Å². The summed E-state index contributed by atoms with van der Waals surface area (Å²) >= 11 is 1.66. The molecule has 4 N–H and O–H groups in total. The third-order valence-corrected chi connectivity index (χ3v) is 7.20. The number of rotatable bonds is 8. The Hall–Kier alpha value is -3.36. The molecule has 1 heterocycles. The van der Waals surface area contributed by atoms with Crippen molar-refractivity contribution >= 4 is 28.7 Å². The molecule has 0 aliphatic carbocycles. The van der Waals surface area contributed by atoms with Gasteiger partial charge in [-0.05, 0) is 65.6 Å². The number of hydrogen-bond acceptors (Lipinski definition) is 6. The molecule has 37 heavy (non-hydrogen) atoms. The molecule has 0 atom stereocenters. The summed E-state index contributed by atoms with van der Waals surface area (Å²) in [5, 5.41) is 20.9. The number of hydrogen-bond donors (Lipinski definition) is 3. The van der Waals surface area contributed by atoms with E-state index in [0.29, 0.717) is 12.1 Å². The van der Waals surface area contributed by atoms with Gasteiger partial charge < -0.3 is 5.11 Å². The Morgan fingerprint density at radius 3 is 2.35 bits per heavy atom. The van der Waals surface area contributed by atoms with E-state index >= 15 is 0 Å². The topological polar surface area (TPSA) is 106 Å². The molecule has 1 aromatic heterocycles. The number of amides is 1. The Bertz CT molecular complexity index is 1410. The molecule has 0 aliphatic heterocycles. The van der Waals surface area contributed by atoms with Gasteiger partial charge in [0.05, 0.1) is 0 Å². The van der Waals surface area contributed by atoms with Crippen molar-refractivity contribution in [3.05, 3.63) is 71.8 Å². The summed E-state index contributed by atoms with van der Waals surface area (Å²) in [4.78, 5) is 15.5. The molecule has 0 spiro atoms. The van der Waals surface area contributed by atoms with Gasteiger partial charge in [-0.3, -0.25) is 10.2 Å². The SMILES string of the molecule is CC(C)(C)CC(C)(C)c1cc(CCC(=O)NN)cc(-n2nc3ccc(Sc4ccccc4)cc3n2)c1O. The zero-order valence-corrected chi connectivity index (χ0v) is 22.9. The second-order valence-electron chi connectivity index (χ2n) is 11.3. The summed E-state index contributed by atoms with van der Waals surface area (Å²) in [6.45, 7) is 10.8. The van der Waals surface area contributed by atoms with Crippen LogP contribution >= 0.6 is 11.8 Å². The van der Waals surface area contributed by atoms with E-state index in [4.69, 9.17) is 10.9 Å². The van der Waals surface area contributed by atoms with Gasteiger partial charge in [0.2, 0.25) is 5.91 Å². The summed E-state index contributed by atoms with van der Waals surface area (Å²) in [6.07, 6.45) is 1.58. The summed E-state index contributed by atoms with van der Waals surface area (Å²) in [7, 11) is 0. The number of aryl methyl sites for hydroxylation is 1. The second-order valence-corrected chi connectivity index (χ2v) is 12.4. The first kappa shape index (κ1) is 26.7. The monoisotopic (exact) mass is 517 g/mol. The van der Waals surface area contributed by atoms with Crippen LogP contribution in [-0.4, -0.2) is 26.0 Å². The van der Waals surface area contributed by atoms with Gasteiger partial charge in [0.1, 0.15) is 22.5 Å². The Kier molecular flexibility index (Phi) is 7.62. The molecule has 0 aliphatic rings. The number of carbonyl (C=O) groups is 1. The Labute approximate surface area is 222 Å². The van der Waals surface area contributed by atoms with Crippen molar-refractivity contribution in [2.24, 2.45) is 11.3 Å². The fourth-order valence-corrected chi connectivity index (χ4v) is 5.80. The van der Waals surface area contributed by atoms with E-state index in [9.17, 15) is 9.90 Å². The standard InChI is InChI=1S/C29H35N5O2S/c1-28(2,3)18-29(4,5)22-15-19(11-14-26(35)31-30)16-25(27(22)36)34-32-23-13-12-21(17-24(23)33-34)37-20-9-7-6-8-10-20/h6-10,12-13,15-17,36H,11,14,18,30H2,1-5H3,(H,31,35). The number of aromatic nitrogens is 3. The summed E-state index contributed by atoms with van der Waals surface area (Å²) in [6, 6.07) is 20.0. The van der Waals surface area contributed by atoms with Gasteiger partial charge >= 0.3 is 0 Å². The predicted octanol–water partition coefficient (Wildman–Crippen LogP) is 5.91. The number of carbonyl (C=O) groups excluding carboxylic acids is 1. The highest BCUT2D eigenvalue weighted by molar-refractivity contribution is 7.99. The van der Waals surface area contributed by atoms with E-state index in [2.05, 4.69) is 57.3 Å². The van der Waals surface area contributed by atoms with Crippen LogP contribution in [0.2, 0.25) is 0 Å². The minimum absolute atomic E-state index is 0.0526. The first-order valence-electron chi connectivity index (χ1n) is 12.4. The molecule has 7 nitrogen and oxygen atoms in total. The van der Waals surface area contributed by atoms with Crippen molar-refractivity contribution < 1.29 is 9.90 Å². The van der Waals surface area contributed by atoms with Crippen molar-refractivity contribution in [1.82, 2.24) is 20.4 Å². The van der Waals surface area contributed by atoms with Gasteiger partial charge in [0, 0.05) is 21.8 Å². The van der Waals surface area contributed by atoms with Gasteiger partial charge in [-0.25, -0.2) is 5.84 Å². The maximum atomic E-state index is 11.8. The maximum absolute atomic E-state index is 11.8. The van der Waals surface area contributed by atoms with Crippen LogP contribution in [0.1, 0.15) is 58.6 Å². The number of nitrogens with two attached hydrogens (primary N) is 1. The van der Waals surface area contributed by atoms with Crippen molar-refractivity contribution in [2.75, 3.05) is 0 Å². The molecule has 0 fully saturated rings. The highest BCUT2D eigenvalue weighted by Gasteiger charge is 2.31. The van der Waals surface area contributed by atoms with E-state index in [1.165, 1.54) is 4.80 Å². The number of phenols is 1. The maximum Gasteiger partial charge on any atom is 0.234 e. The lowest BCUT2D eigenvalue weighted by molar-refractivity contribution is -0.121. The number of aromatic hydroxyl groups is 1. The van der Waals surface area contributed by atoms with Gasteiger partial charge in [-0.15, -0.1) is 15.0 Å². The number of fused-ring (bicyclic) bond motifs is 1. The third kappa shape index (κ3) is 6.50. The molecule has 8 heteroatoms. The zero-order valence-electron chi connectivity index (χ0n) is 22.1. The molecular formula is C29H35N5O2S. The minimum Gasteiger partial charge on any atom is -0.505 e. The lowest BCUT2D eigenvalue weighted by Gasteiger charge is -2.34. The molecular weight excluding hydrogens is 482 g/mol. The van der Waals surface area contributed by atoms with Crippen LogP contribution in [0.15, 0.2) is 70.5 Å². The Morgan fingerprint density at radius 1 is 0.973 bits per heavy atom. The van der Waals surface area contributed by atoms with E-state index in [1.807, 2.05) is 48.5 Å².